The highest BCUT2D eigenvalue weighted by Gasteiger charge is 1.95. The lowest BCUT2D eigenvalue weighted by molar-refractivity contribution is 0.435. The molecule has 0 atom stereocenters. The van der Waals surface area contributed by atoms with E-state index in [1.165, 1.54) is 0 Å². The number of hydrogen-bond donors (Lipinski definition) is 1. The van der Waals surface area contributed by atoms with Gasteiger partial charge in [-0.3, -0.25) is 4.99 Å². The normalized spacial score (nSPS) is 16.8. The van der Waals surface area contributed by atoms with Gasteiger partial charge < -0.3 is 10.6 Å². The molecule has 0 aromatic heterocycles. The van der Waals surface area contributed by atoms with E-state index in [1.807, 2.05) is 12.4 Å². The molecule has 50 valence electrons. The Kier molecular flexibility index (Phi) is 2.27. The van der Waals surface area contributed by atoms with Crippen molar-refractivity contribution in [3.8, 4) is 0 Å². The molecule has 1 aliphatic rings. The third kappa shape index (κ3) is 1.85. The van der Waals surface area contributed by atoms with E-state index in [9.17, 15) is 0 Å². The molecule has 0 saturated carbocycles. The van der Waals surface area contributed by atoms with Gasteiger partial charge in [0.05, 0.1) is 6.54 Å². The first kappa shape index (κ1) is 6.29. The van der Waals surface area contributed by atoms with Crippen LogP contribution in [0.1, 0.15) is 0 Å². The minimum absolute atomic E-state index is 0.707. The summed E-state index contributed by atoms with van der Waals surface area (Å²) in [5, 5.41) is 0. The van der Waals surface area contributed by atoms with E-state index < -0.39 is 0 Å². The van der Waals surface area contributed by atoms with Crippen molar-refractivity contribution < 1.29 is 0 Å². The highest BCUT2D eigenvalue weighted by atomic mass is 15.1. The third-order valence-corrected chi connectivity index (χ3v) is 1.20. The summed E-state index contributed by atoms with van der Waals surface area (Å²) >= 11 is 0. The molecule has 0 fully saturated rings. The van der Waals surface area contributed by atoms with Crippen molar-refractivity contribution in [3.63, 3.8) is 0 Å². The van der Waals surface area contributed by atoms with Crippen molar-refractivity contribution in [2.24, 2.45) is 10.7 Å². The van der Waals surface area contributed by atoms with Crippen LogP contribution in [0.25, 0.3) is 0 Å². The predicted octanol–water partition coefficient (Wildman–Crippen LogP) is -0.197. The topological polar surface area (TPSA) is 41.6 Å². The standard InChI is InChI=1S/C6H11N3/c7-1-4-9-5-2-8-3-6-9/h2-3,5H,1,4,6-7H2. The zero-order valence-corrected chi connectivity index (χ0v) is 5.33. The van der Waals surface area contributed by atoms with Gasteiger partial charge in [-0.25, -0.2) is 0 Å². The highest BCUT2D eigenvalue weighted by Crippen LogP contribution is 1.91. The maximum Gasteiger partial charge on any atom is 0.0528 e. The van der Waals surface area contributed by atoms with Gasteiger partial charge >= 0.3 is 0 Å². The first-order chi connectivity index (χ1) is 4.43. The molecule has 3 nitrogen and oxygen atoms in total. The quantitative estimate of drug-likeness (QED) is 0.555. The van der Waals surface area contributed by atoms with Crippen molar-refractivity contribution in [2.75, 3.05) is 19.6 Å². The molecule has 0 radical (unpaired) electrons. The van der Waals surface area contributed by atoms with Gasteiger partial charge in [0.2, 0.25) is 0 Å². The van der Waals surface area contributed by atoms with Crippen molar-refractivity contribution in [2.45, 2.75) is 0 Å². The average molecular weight is 125 g/mol. The lowest BCUT2D eigenvalue weighted by atomic mass is 10.5. The van der Waals surface area contributed by atoms with Gasteiger partial charge in [-0.2, -0.15) is 0 Å². The SMILES string of the molecule is NCCN1C=CN=CC1. The van der Waals surface area contributed by atoms with Gasteiger partial charge in [0.1, 0.15) is 0 Å². The Balaban J connectivity index is 2.28. The number of hydrogen-bond acceptors (Lipinski definition) is 3. The van der Waals surface area contributed by atoms with E-state index in [0.717, 1.165) is 13.1 Å². The summed E-state index contributed by atoms with van der Waals surface area (Å²) in [4.78, 5) is 6.04. The lowest BCUT2D eigenvalue weighted by Crippen LogP contribution is -2.27. The van der Waals surface area contributed by atoms with Crippen LogP contribution in [0, 0.1) is 0 Å². The smallest absolute Gasteiger partial charge is 0.0528 e. The summed E-state index contributed by atoms with van der Waals surface area (Å²) in [5.41, 5.74) is 5.34. The maximum absolute atomic E-state index is 5.34. The average Bonchev–Trinajstić information content (AvgIpc) is 1.91. The Morgan fingerprint density at radius 1 is 1.67 bits per heavy atom. The maximum atomic E-state index is 5.34. The van der Waals surface area contributed by atoms with Gasteiger partial charge in [0.15, 0.2) is 0 Å². The molecule has 3 heteroatoms. The molecular weight excluding hydrogens is 114 g/mol. The molecule has 0 bridgehead atoms. The molecule has 9 heavy (non-hydrogen) atoms. The zero-order valence-electron chi connectivity index (χ0n) is 5.33. The van der Waals surface area contributed by atoms with E-state index >= 15 is 0 Å². The molecule has 0 spiro atoms. The first-order valence-electron chi connectivity index (χ1n) is 3.06. The van der Waals surface area contributed by atoms with Gasteiger partial charge in [-0.15, -0.1) is 0 Å². The van der Waals surface area contributed by atoms with Crippen LogP contribution in [-0.4, -0.2) is 30.7 Å². The lowest BCUT2D eigenvalue weighted by Gasteiger charge is -2.17. The molecule has 0 aliphatic carbocycles. The van der Waals surface area contributed by atoms with Gasteiger partial charge in [-0.1, -0.05) is 0 Å². The summed E-state index contributed by atoms with van der Waals surface area (Å²) in [6, 6.07) is 0. The van der Waals surface area contributed by atoms with E-state index in [1.54, 1.807) is 6.20 Å². The second-order valence-electron chi connectivity index (χ2n) is 1.91. The van der Waals surface area contributed by atoms with Crippen molar-refractivity contribution in [3.05, 3.63) is 12.4 Å². The summed E-state index contributed by atoms with van der Waals surface area (Å²) in [6.07, 6.45) is 5.60. The Hall–Kier alpha value is -0.830. The monoisotopic (exact) mass is 125 g/mol. The second-order valence-corrected chi connectivity index (χ2v) is 1.91. The fourth-order valence-electron chi connectivity index (χ4n) is 0.738. The van der Waals surface area contributed by atoms with E-state index in [0.29, 0.717) is 6.54 Å². The number of rotatable bonds is 2. The van der Waals surface area contributed by atoms with Gasteiger partial charge in [0, 0.05) is 31.7 Å². The van der Waals surface area contributed by atoms with Crippen LogP contribution in [-0.2, 0) is 0 Å². The molecule has 2 N–H and O–H groups in total. The fraction of sp³-hybridized carbons (Fsp3) is 0.500. The fourth-order valence-corrected chi connectivity index (χ4v) is 0.738. The van der Waals surface area contributed by atoms with Crippen LogP contribution >= 0.6 is 0 Å². The zero-order chi connectivity index (χ0) is 6.53. The Morgan fingerprint density at radius 2 is 2.56 bits per heavy atom. The van der Waals surface area contributed by atoms with E-state index in [-0.39, 0.29) is 0 Å². The van der Waals surface area contributed by atoms with Gasteiger partial charge in [0.25, 0.3) is 0 Å². The number of nitrogens with zero attached hydrogens (tertiary/aromatic N) is 2. The summed E-state index contributed by atoms with van der Waals surface area (Å²) in [5.74, 6) is 0. The molecule has 0 amide bonds. The first-order valence-corrected chi connectivity index (χ1v) is 3.06. The van der Waals surface area contributed by atoms with Crippen LogP contribution in [0.4, 0.5) is 0 Å². The van der Waals surface area contributed by atoms with Crippen molar-refractivity contribution in [1.82, 2.24) is 4.90 Å². The highest BCUT2D eigenvalue weighted by molar-refractivity contribution is 5.61. The van der Waals surface area contributed by atoms with Crippen molar-refractivity contribution >= 4 is 6.21 Å². The van der Waals surface area contributed by atoms with Crippen LogP contribution in [0.3, 0.4) is 0 Å². The largest absolute Gasteiger partial charge is 0.370 e. The summed E-state index contributed by atoms with van der Waals surface area (Å²) in [7, 11) is 0. The molecule has 0 unspecified atom stereocenters. The number of nitrogens with two attached hydrogens (primary N) is 1. The Labute approximate surface area is 54.9 Å². The molecule has 1 heterocycles. The molecule has 0 saturated heterocycles. The molecule has 0 aromatic carbocycles. The molecule has 1 rings (SSSR count). The van der Waals surface area contributed by atoms with E-state index in [2.05, 4.69) is 9.89 Å². The van der Waals surface area contributed by atoms with Crippen LogP contribution in [0.2, 0.25) is 0 Å². The second kappa shape index (κ2) is 3.25. The predicted molar refractivity (Wildman–Crippen MR) is 38.3 cm³/mol. The molecule has 1 aliphatic heterocycles. The summed E-state index contributed by atoms with van der Waals surface area (Å²) in [6.45, 7) is 2.52. The van der Waals surface area contributed by atoms with Crippen LogP contribution in [0.5, 0.6) is 0 Å². The minimum atomic E-state index is 0.707. The molecular formula is C6H11N3. The summed E-state index contributed by atoms with van der Waals surface area (Å²) < 4.78 is 0. The number of aliphatic imine (C=N–C) groups is 1. The van der Waals surface area contributed by atoms with Crippen LogP contribution in [0.15, 0.2) is 17.4 Å². The Morgan fingerprint density at radius 3 is 3.11 bits per heavy atom. The van der Waals surface area contributed by atoms with Crippen molar-refractivity contribution in [1.29, 1.82) is 0 Å². The van der Waals surface area contributed by atoms with E-state index in [4.69, 9.17) is 5.73 Å². The minimum Gasteiger partial charge on any atom is -0.370 e. The Bertz CT molecular complexity index is 128. The van der Waals surface area contributed by atoms with Gasteiger partial charge in [-0.05, 0) is 0 Å². The molecule has 0 aromatic rings. The van der Waals surface area contributed by atoms with Crippen LogP contribution < -0.4 is 5.73 Å². The third-order valence-electron chi connectivity index (χ3n) is 1.20.